The molecule has 1 aliphatic heterocycles. The van der Waals surface area contributed by atoms with Gasteiger partial charge in [-0.2, -0.15) is 0 Å². The summed E-state index contributed by atoms with van der Waals surface area (Å²) < 4.78 is 5.01. The molecule has 0 amide bonds. The van der Waals surface area contributed by atoms with Crippen LogP contribution in [-0.4, -0.2) is 48.1 Å². The summed E-state index contributed by atoms with van der Waals surface area (Å²) in [5, 5.41) is 4.20. The predicted molar refractivity (Wildman–Crippen MR) is 86.1 cm³/mol. The first-order chi connectivity index (χ1) is 10.0. The molecule has 0 aromatic carbocycles. The molecule has 21 heavy (non-hydrogen) atoms. The molecule has 1 aliphatic rings. The van der Waals surface area contributed by atoms with E-state index in [9.17, 15) is 4.79 Å². The highest BCUT2D eigenvalue weighted by atomic mass is 32.1. The number of carbonyl (C=O) groups excluding carboxylic acids is 1. The topological polar surface area (TPSA) is 54.5 Å². The Morgan fingerprint density at radius 1 is 1.57 bits per heavy atom. The Hall–Kier alpha value is -1.14. The van der Waals surface area contributed by atoms with Crippen LogP contribution in [0.25, 0.3) is 0 Å². The van der Waals surface area contributed by atoms with Crippen LogP contribution in [0.2, 0.25) is 0 Å². The van der Waals surface area contributed by atoms with Gasteiger partial charge in [-0.25, -0.2) is 9.78 Å². The molecule has 1 saturated heterocycles. The van der Waals surface area contributed by atoms with E-state index >= 15 is 0 Å². The maximum atomic E-state index is 11.7. The second-order valence-corrected chi connectivity index (χ2v) is 6.97. The average Bonchev–Trinajstić information content (AvgIpc) is 3.03. The number of hydrogen-bond acceptors (Lipinski definition) is 6. The minimum absolute atomic E-state index is 0.328. The molecule has 1 fully saturated rings. The number of hydrogen-bond donors (Lipinski definition) is 1. The molecule has 1 aromatic rings. The van der Waals surface area contributed by atoms with Crippen molar-refractivity contribution in [3.63, 3.8) is 0 Å². The molecule has 0 radical (unpaired) electrons. The minimum Gasteiger partial charge on any atom is -0.461 e. The molecule has 0 spiro atoms. The van der Waals surface area contributed by atoms with E-state index in [1.54, 1.807) is 6.92 Å². The van der Waals surface area contributed by atoms with Gasteiger partial charge >= 0.3 is 5.97 Å². The van der Waals surface area contributed by atoms with Crippen LogP contribution in [0.3, 0.4) is 0 Å². The number of carbonyl (C=O) groups is 1. The predicted octanol–water partition coefficient (Wildman–Crippen LogP) is 2.77. The van der Waals surface area contributed by atoms with Crippen molar-refractivity contribution >= 4 is 22.4 Å². The zero-order valence-electron chi connectivity index (χ0n) is 13.3. The third-order valence-corrected chi connectivity index (χ3v) is 4.78. The van der Waals surface area contributed by atoms with Gasteiger partial charge in [-0.1, -0.05) is 0 Å². The Bertz CT molecular complexity index is 487. The molecule has 0 aliphatic carbocycles. The van der Waals surface area contributed by atoms with Gasteiger partial charge in [0.05, 0.1) is 6.61 Å². The molecular weight excluding hydrogens is 286 g/mol. The molecule has 2 heterocycles. The molecule has 1 unspecified atom stereocenters. The van der Waals surface area contributed by atoms with Gasteiger partial charge < -0.3 is 15.0 Å². The SMILES string of the molecule is CCOC(=O)c1nc(NCC2CCN(C(C)C)C2)sc1C. The van der Waals surface area contributed by atoms with E-state index in [2.05, 4.69) is 29.0 Å². The number of aryl methyl sites for hydroxylation is 1. The van der Waals surface area contributed by atoms with E-state index in [1.807, 2.05) is 6.92 Å². The summed E-state index contributed by atoms with van der Waals surface area (Å²) in [5.74, 6) is 0.328. The Kier molecular flexibility index (Phi) is 5.58. The van der Waals surface area contributed by atoms with Crippen molar-refractivity contribution in [2.24, 2.45) is 5.92 Å². The molecule has 5 nitrogen and oxygen atoms in total. The van der Waals surface area contributed by atoms with E-state index < -0.39 is 0 Å². The van der Waals surface area contributed by atoms with Gasteiger partial charge in [-0.15, -0.1) is 11.3 Å². The van der Waals surface area contributed by atoms with Crippen LogP contribution in [0, 0.1) is 12.8 Å². The quantitative estimate of drug-likeness (QED) is 0.819. The van der Waals surface area contributed by atoms with Crippen molar-refractivity contribution in [1.29, 1.82) is 0 Å². The normalized spacial score (nSPS) is 19.2. The van der Waals surface area contributed by atoms with E-state index in [0.717, 1.165) is 23.1 Å². The van der Waals surface area contributed by atoms with Gasteiger partial charge in [0.15, 0.2) is 10.8 Å². The van der Waals surface area contributed by atoms with Gasteiger partial charge in [-0.3, -0.25) is 0 Å². The zero-order valence-corrected chi connectivity index (χ0v) is 14.1. The molecule has 2 rings (SSSR count). The summed E-state index contributed by atoms with van der Waals surface area (Å²) in [6, 6.07) is 0.618. The van der Waals surface area contributed by atoms with Gasteiger partial charge in [0.25, 0.3) is 0 Å². The number of anilines is 1. The van der Waals surface area contributed by atoms with Crippen molar-refractivity contribution < 1.29 is 9.53 Å². The highest BCUT2D eigenvalue weighted by Crippen LogP contribution is 2.24. The number of aromatic nitrogens is 1. The van der Waals surface area contributed by atoms with Crippen LogP contribution >= 0.6 is 11.3 Å². The maximum Gasteiger partial charge on any atom is 0.358 e. The smallest absolute Gasteiger partial charge is 0.358 e. The highest BCUT2D eigenvalue weighted by Gasteiger charge is 2.24. The molecule has 118 valence electrons. The van der Waals surface area contributed by atoms with E-state index in [-0.39, 0.29) is 5.97 Å². The molecule has 0 saturated carbocycles. The average molecular weight is 311 g/mol. The zero-order chi connectivity index (χ0) is 15.4. The maximum absolute atomic E-state index is 11.7. The molecule has 1 aromatic heterocycles. The summed E-state index contributed by atoms with van der Waals surface area (Å²) >= 11 is 1.52. The molecular formula is C15H25N3O2S. The number of rotatable bonds is 6. The summed E-state index contributed by atoms with van der Waals surface area (Å²) in [4.78, 5) is 19.5. The Morgan fingerprint density at radius 3 is 2.95 bits per heavy atom. The van der Waals surface area contributed by atoms with Crippen LogP contribution in [-0.2, 0) is 4.74 Å². The summed E-state index contributed by atoms with van der Waals surface area (Å²) in [7, 11) is 0. The molecule has 1 atom stereocenters. The number of likely N-dealkylation sites (tertiary alicyclic amines) is 1. The third-order valence-electron chi connectivity index (χ3n) is 3.85. The fourth-order valence-electron chi connectivity index (χ4n) is 2.59. The Morgan fingerprint density at radius 2 is 2.33 bits per heavy atom. The van der Waals surface area contributed by atoms with Crippen LogP contribution < -0.4 is 5.32 Å². The van der Waals surface area contributed by atoms with E-state index in [4.69, 9.17) is 4.74 Å². The summed E-state index contributed by atoms with van der Waals surface area (Å²) in [5.41, 5.74) is 0.444. The first-order valence-corrected chi connectivity index (χ1v) is 8.45. The van der Waals surface area contributed by atoms with Crippen LogP contribution in [0.15, 0.2) is 0 Å². The van der Waals surface area contributed by atoms with Crippen molar-refractivity contribution in [2.75, 3.05) is 31.6 Å². The van der Waals surface area contributed by atoms with E-state index in [0.29, 0.717) is 24.3 Å². The fourth-order valence-corrected chi connectivity index (χ4v) is 3.40. The number of ether oxygens (including phenoxy) is 1. The Labute approximate surface area is 130 Å². The van der Waals surface area contributed by atoms with Crippen LogP contribution in [0.4, 0.5) is 5.13 Å². The number of nitrogens with zero attached hydrogens (tertiary/aromatic N) is 2. The van der Waals surface area contributed by atoms with Gasteiger partial charge in [-0.05, 0) is 46.6 Å². The van der Waals surface area contributed by atoms with E-state index in [1.165, 1.54) is 24.3 Å². The first-order valence-electron chi connectivity index (χ1n) is 7.63. The monoisotopic (exact) mass is 311 g/mol. The van der Waals surface area contributed by atoms with Crippen molar-refractivity contribution in [3.05, 3.63) is 10.6 Å². The molecule has 0 bridgehead atoms. The lowest BCUT2D eigenvalue weighted by Gasteiger charge is -2.20. The lowest BCUT2D eigenvalue weighted by atomic mass is 10.1. The van der Waals surface area contributed by atoms with Crippen LogP contribution in [0.1, 0.15) is 42.6 Å². The van der Waals surface area contributed by atoms with Gasteiger partial charge in [0, 0.05) is 24.0 Å². The number of nitrogens with one attached hydrogen (secondary N) is 1. The van der Waals surface area contributed by atoms with Crippen molar-refractivity contribution in [1.82, 2.24) is 9.88 Å². The number of thiazole rings is 1. The first kappa shape index (κ1) is 16.2. The summed E-state index contributed by atoms with van der Waals surface area (Å²) in [6.45, 7) is 11.8. The molecule has 1 N–H and O–H groups in total. The second-order valence-electron chi connectivity index (χ2n) is 5.77. The fraction of sp³-hybridized carbons (Fsp3) is 0.733. The van der Waals surface area contributed by atoms with Crippen molar-refractivity contribution in [2.45, 2.75) is 40.2 Å². The van der Waals surface area contributed by atoms with Gasteiger partial charge in [0.2, 0.25) is 0 Å². The summed E-state index contributed by atoms with van der Waals surface area (Å²) in [6.07, 6.45) is 1.22. The third kappa shape index (κ3) is 4.17. The minimum atomic E-state index is -0.328. The van der Waals surface area contributed by atoms with Crippen molar-refractivity contribution in [3.8, 4) is 0 Å². The lowest BCUT2D eigenvalue weighted by Crippen LogP contribution is -2.29. The van der Waals surface area contributed by atoms with Crippen LogP contribution in [0.5, 0.6) is 0 Å². The lowest BCUT2D eigenvalue weighted by molar-refractivity contribution is 0.0519. The Balaban J connectivity index is 1.87. The second kappa shape index (κ2) is 7.22. The highest BCUT2D eigenvalue weighted by molar-refractivity contribution is 7.15. The number of esters is 1. The molecule has 6 heteroatoms. The standard InChI is InChI=1S/C15H25N3O2S/c1-5-20-14(19)13-11(4)21-15(17-13)16-8-12-6-7-18(9-12)10(2)3/h10,12H,5-9H2,1-4H3,(H,16,17). The largest absolute Gasteiger partial charge is 0.461 e. The van der Waals surface area contributed by atoms with Gasteiger partial charge in [0.1, 0.15) is 0 Å².